The van der Waals surface area contributed by atoms with Gasteiger partial charge in [0.25, 0.3) is 11.8 Å². The average molecular weight is 479 g/mol. The molecule has 1 aliphatic heterocycles. The van der Waals surface area contributed by atoms with E-state index in [1.165, 1.54) is 25.3 Å². The van der Waals surface area contributed by atoms with Gasteiger partial charge in [0.05, 0.1) is 18.4 Å². The number of ether oxygens (including phenoxy) is 2. The molecule has 0 radical (unpaired) electrons. The quantitative estimate of drug-likeness (QED) is 0.391. The van der Waals surface area contributed by atoms with Crippen LogP contribution in [0.15, 0.2) is 72.3 Å². The monoisotopic (exact) mass is 478 g/mol. The summed E-state index contributed by atoms with van der Waals surface area (Å²) < 4.78 is 11.3. The summed E-state index contributed by atoms with van der Waals surface area (Å²) in [7, 11) is 1.44. The van der Waals surface area contributed by atoms with Crippen molar-refractivity contribution in [1.29, 1.82) is 0 Å². The summed E-state index contributed by atoms with van der Waals surface area (Å²) >= 11 is 6.23. The van der Waals surface area contributed by atoms with Gasteiger partial charge in [0, 0.05) is 16.7 Å². The number of anilines is 1. The SMILES string of the molecule is COc1cc(Cl)cc(C=C2C(=O)NN(c3ccccc3)C2=O)c1OCc1cccc(C(=O)O)c1. The fraction of sp³-hybridized carbons (Fsp3) is 0.0800. The Kier molecular flexibility index (Phi) is 6.51. The minimum absolute atomic E-state index is 0.0194. The molecule has 0 atom stereocenters. The van der Waals surface area contributed by atoms with E-state index in [1.807, 2.05) is 0 Å². The second kappa shape index (κ2) is 9.68. The molecule has 3 aromatic carbocycles. The molecule has 0 aromatic heterocycles. The highest BCUT2D eigenvalue weighted by atomic mass is 35.5. The van der Waals surface area contributed by atoms with Crippen molar-refractivity contribution in [2.24, 2.45) is 0 Å². The smallest absolute Gasteiger partial charge is 0.335 e. The number of rotatable bonds is 7. The zero-order chi connectivity index (χ0) is 24.2. The van der Waals surface area contributed by atoms with Crippen molar-refractivity contribution >= 4 is 41.1 Å². The van der Waals surface area contributed by atoms with E-state index < -0.39 is 17.8 Å². The fourth-order valence-corrected chi connectivity index (χ4v) is 3.64. The predicted molar refractivity (Wildman–Crippen MR) is 126 cm³/mol. The molecule has 2 N–H and O–H groups in total. The van der Waals surface area contributed by atoms with Crippen LogP contribution in [0.2, 0.25) is 5.02 Å². The Morgan fingerprint density at radius 1 is 1.09 bits per heavy atom. The van der Waals surface area contributed by atoms with E-state index in [4.69, 9.17) is 21.1 Å². The number of hydrogen-bond acceptors (Lipinski definition) is 5. The molecule has 34 heavy (non-hydrogen) atoms. The van der Waals surface area contributed by atoms with Gasteiger partial charge >= 0.3 is 5.97 Å². The van der Waals surface area contributed by atoms with E-state index in [-0.39, 0.29) is 23.5 Å². The van der Waals surface area contributed by atoms with Gasteiger partial charge in [0.15, 0.2) is 11.5 Å². The number of hydrogen-bond donors (Lipinski definition) is 2. The Balaban J connectivity index is 1.68. The molecular formula is C25H19ClN2O6. The van der Waals surface area contributed by atoms with Crippen molar-refractivity contribution in [3.63, 3.8) is 0 Å². The van der Waals surface area contributed by atoms with Gasteiger partial charge in [-0.1, -0.05) is 41.9 Å². The summed E-state index contributed by atoms with van der Waals surface area (Å²) in [4.78, 5) is 36.8. The Labute approximate surface area is 199 Å². The van der Waals surface area contributed by atoms with Crippen LogP contribution >= 0.6 is 11.6 Å². The summed E-state index contributed by atoms with van der Waals surface area (Å²) in [5.41, 5.74) is 4.05. The highest BCUT2D eigenvalue weighted by Crippen LogP contribution is 2.37. The van der Waals surface area contributed by atoms with E-state index in [9.17, 15) is 19.5 Å². The Hall–Kier alpha value is -4.30. The summed E-state index contributed by atoms with van der Waals surface area (Å²) in [5.74, 6) is -1.62. The Morgan fingerprint density at radius 2 is 1.85 bits per heavy atom. The van der Waals surface area contributed by atoms with Gasteiger partial charge in [-0.2, -0.15) is 0 Å². The van der Waals surface area contributed by atoms with Crippen LogP contribution in [-0.2, 0) is 16.2 Å². The summed E-state index contributed by atoms with van der Waals surface area (Å²) in [5, 5.41) is 10.7. The number of methoxy groups -OCH3 is 1. The molecule has 3 aromatic rings. The Morgan fingerprint density at radius 3 is 2.56 bits per heavy atom. The standard InChI is InChI=1S/C25H19ClN2O6/c1-33-21-13-18(26)11-17(22(21)34-14-15-6-5-7-16(10-15)25(31)32)12-20-23(29)27-28(24(20)30)19-8-3-2-4-9-19/h2-13H,14H2,1H3,(H,27,29)(H,31,32). The minimum Gasteiger partial charge on any atom is -0.493 e. The molecule has 0 unspecified atom stereocenters. The van der Waals surface area contributed by atoms with Crippen LogP contribution < -0.4 is 19.9 Å². The van der Waals surface area contributed by atoms with Gasteiger partial charge in [0.2, 0.25) is 0 Å². The molecule has 172 valence electrons. The first-order chi connectivity index (χ1) is 16.4. The van der Waals surface area contributed by atoms with Gasteiger partial charge < -0.3 is 14.6 Å². The molecule has 0 spiro atoms. The highest BCUT2D eigenvalue weighted by molar-refractivity contribution is 6.32. The lowest BCUT2D eigenvalue weighted by Crippen LogP contribution is -2.35. The van der Waals surface area contributed by atoms with Crippen molar-refractivity contribution in [3.05, 3.63) is 94.0 Å². The first-order valence-electron chi connectivity index (χ1n) is 10.1. The van der Waals surface area contributed by atoms with Crippen LogP contribution in [-0.4, -0.2) is 30.0 Å². The number of carbonyl (C=O) groups excluding carboxylic acids is 2. The van der Waals surface area contributed by atoms with E-state index in [0.717, 1.165) is 5.01 Å². The molecule has 1 heterocycles. The number of benzene rings is 3. The second-order valence-electron chi connectivity index (χ2n) is 7.30. The maximum Gasteiger partial charge on any atom is 0.335 e. The normalized spacial score (nSPS) is 14.3. The molecular weight excluding hydrogens is 460 g/mol. The van der Waals surface area contributed by atoms with Crippen molar-refractivity contribution in [1.82, 2.24) is 5.43 Å². The topological polar surface area (TPSA) is 105 Å². The third kappa shape index (κ3) is 4.72. The zero-order valence-electron chi connectivity index (χ0n) is 17.9. The molecule has 2 amide bonds. The molecule has 1 saturated heterocycles. The Bertz CT molecular complexity index is 1310. The zero-order valence-corrected chi connectivity index (χ0v) is 18.7. The lowest BCUT2D eigenvalue weighted by Gasteiger charge is -2.15. The first-order valence-corrected chi connectivity index (χ1v) is 10.5. The largest absolute Gasteiger partial charge is 0.493 e. The number of aromatic carboxylic acids is 1. The van der Waals surface area contributed by atoms with Crippen molar-refractivity contribution in [2.45, 2.75) is 6.61 Å². The predicted octanol–water partition coefficient (Wildman–Crippen LogP) is 4.09. The number of amides is 2. The van der Waals surface area contributed by atoms with Gasteiger partial charge in [-0.15, -0.1) is 0 Å². The maximum absolute atomic E-state index is 13.0. The molecule has 1 aliphatic rings. The molecule has 0 aliphatic carbocycles. The third-order valence-corrected chi connectivity index (χ3v) is 5.25. The number of carboxylic acids is 1. The van der Waals surface area contributed by atoms with Crippen molar-refractivity contribution in [2.75, 3.05) is 12.1 Å². The van der Waals surface area contributed by atoms with Crippen molar-refractivity contribution < 1.29 is 29.0 Å². The summed E-state index contributed by atoms with van der Waals surface area (Å²) in [6.45, 7) is 0.0194. The molecule has 9 heteroatoms. The highest BCUT2D eigenvalue weighted by Gasteiger charge is 2.34. The van der Waals surface area contributed by atoms with E-state index >= 15 is 0 Å². The van der Waals surface area contributed by atoms with Crippen LogP contribution in [0.25, 0.3) is 6.08 Å². The third-order valence-electron chi connectivity index (χ3n) is 5.03. The van der Waals surface area contributed by atoms with Crippen molar-refractivity contribution in [3.8, 4) is 11.5 Å². The van der Waals surface area contributed by atoms with Crippen LogP contribution in [0.5, 0.6) is 11.5 Å². The maximum atomic E-state index is 13.0. The van der Waals surface area contributed by atoms with E-state index in [0.29, 0.717) is 27.6 Å². The molecule has 0 saturated carbocycles. The van der Waals surface area contributed by atoms with Gasteiger partial charge in [-0.25, -0.2) is 9.80 Å². The van der Waals surface area contributed by atoms with Crippen LogP contribution in [0.1, 0.15) is 21.5 Å². The molecule has 4 rings (SSSR count). The fourth-order valence-electron chi connectivity index (χ4n) is 3.42. The number of carbonyl (C=O) groups is 3. The van der Waals surface area contributed by atoms with Crippen LogP contribution in [0.4, 0.5) is 5.69 Å². The summed E-state index contributed by atoms with van der Waals surface area (Å²) in [6, 6.07) is 18.1. The number of nitrogens with one attached hydrogen (secondary N) is 1. The second-order valence-corrected chi connectivity index (χ2v) is 7.73. The average Bonchev–Trinajstić information content (AvgIpc) is 3.12. The molecule has 0 bridgehead atoms. The van der Waals surface area contributed by atoms with Gasteiger partial charge in [-0.05, 0) is 42.0 Å². The van der Waals surface area contributed by atoms with E-state index in [2.05, 4.69) is 5.43 Å². The lowest BCUT2D eigenvalue weighted by molar-refractivity contribution is -0.117. The lowest BCUT2D eigenvalue weighted by atomic mass is 10.1. The van der Waals surface area contributed by atoms with E-state index in [1.54, 1.807) is 54.6 Å². The first kappa shape index (κ1) is 22.9. The number of hydrazine groups is 1. The number of carboxylic acid groups (broad SMARTS) is 1. The summed E-state index contributed by atoms with van der Waals surface area (Å²) in [6.07, 6.45) is 1.39. The van der Waals surface area contributed by atoms with Gasteiger partial charge in [0.1, 0.15) is 12.2 Å². The number of nitrogens with zero attached hydrogens (tertiary/aromatic N) is 1. The number of halogens is 1. The van der Waals surface area contributed by atoms with Crippen LogP contribution in [0.3, 0.4) is 0 Å². The van der Waals surface area contributed by atoms with Crippen LogP contribution in [0, 0.1) is 0 Å². The molecule has 1 fully saturated rings. The van der Waals surface area contributed by atoms with Gasteiger partial charge in [-0.3, -0.25) is 15.0 Å². The molecule has 8 nitrogen and oxygen atoms in total. The minimum atomic E-state index is -1.05. The number of para-hydroxylation sites is 1.